The molecule has 0 bridgehead atoms. The van der Waals surface area contributed by atoms with E-state index in [9.17, 15) is 14.4 Å². The molecule has 0 spiro atoms. The number of para-hydroxylation sites is 2. The zero-order valence-electron chi connectivity index (χ0n) is 19.4. The van der Waals surface area contributed by atoms with Crippen LogP contribution in [0.25, 0.3) is 6.08 Å². The van der Waals surface area contributed by atoms with Crippen molar-refractivity contribution in [2.24, 2.45) is 0 Å². The van der Waals surface area contributed by atoms with Crippen LogP contribution in [0, 0.1) is 0 Å². The van der Waals surface area contributed by atoms with E-state index in [-0.39, 0.29) is 5.78 Å². The number of rotatable bonds is 6. The van der Waals surface area contributed by atoms with Crippen molar-refractivity contribution in [3.05, 3.63) is 99.5 Å². The first-order valence-electron chi connectivity index (χ1n) is 10.7. The third-order valence-corrected chi connectivity index (χ3v) is 5.30. The van der Waals surface area contributed by atoms with E-state index in [4.69, 9.17) is 27.9 Å². The topological polar surface area (TPSA) is 84.5 Å². The van der Waals surface area contributed by atoms with E-state index < -0.39 is 17.6 Å². The monoisotopic (exact) mass is 510 g/mol. The lowest BCUT2D eigenvalue weighted by molar-refractivity contribution is 0.0635. The van der Waals surface area contributed by atoms with Crippen LogP contribution in [0.2, 0.25) is 10.0 Å². The number of allylic oxidation sites excluding steroid dienone is 1. The third-order valence-electron chi connectivity index (χ3n) is 4.64. The molecule has 35 heavy (non-hydrogen) atoms. The van der Waals surface area contributed by atoms with E-state index in [1.54, 1.807) is 93.6 Å². The molecule has 0 saturated heterocycles. The van der Waals surface area contributed by atoms with Crippen molar-refractivity contribution < 1.29 is 19.1 Å². The number of carbonyl (C=O) groups is 3. The van der Waals surface area contributed by atoms with E-state index in [0.717, 1.165) is 0 Å². The summed E-state index contributed by atoms with van der Waals surface area (Å²) in [6.45, 7) is 5.28. The first-order valence-corrected chi connectivity index (χ1v) is 11.5. The molecule has 2 N–H and O–H groups in total. The van der Waals surface area contributed by atoms with Crippen LogP contribution < -0.4 is 10.6 Å². The first kappa shape index (κ1) is 26.0. The van der Waals surface area contributed by atoms with Crippen LogP contribution >= 0.6 is 23.2 Å². The summed E-state index contributed by atoms with van der Waals surface area (Å²) in [6.07, 6.45) is 2.30. The van der Waals surface area contributed by atoms with Gasteiger partial charge in [-0.1, -0.05) is 53.5 Å². The highest BCUT2D eigenvalue weighted by Crippen LogP contribution is 2.26. The normalized spacial score (nSPS) is 11.2. The fourth-order valence-corrected chi connectivity index (χ4v) is 3.54. The Bertz CT molecular complexity index is 1260. The van der Waals surface area contributed by atoms with Gasteiger partial charge in [-0.25, -0.2) is 4.79 Å². The summed E-state index contributed by atoms with van der Waals surface area (Å²) in [5, 5.41) is 6.28. The number of halogens is 2. The summed E-state index contributed by atoms with van der Waals surface area (Å²) in [7, 11) is 0. The lowest BCUT2D eigenvalue weighted by atomic mass is 10.1. The van der Waals surface area contributed by atoms with E-state index in [1.165, 1.54) is 6.08 Å². The van der Waals surface area contributed by atoms with Gasteiger partial charge in [0.1, 0.15) is 5.60 Å². The van der Waals surface area contributed by atoms with Gasteiger partial charge in [-0.15, -0.1) is 0 Å². The highest BCUT2D eigenvalue weighted by atomic mass is 35.5. The van der Waals surface area contributed by atoms with Crippen LogP contribution in [-0.2, 0) is 4.74 Å². The molecule has 180 valence electrons. The summed E-state index contributed by atoms with van der Waals surface area (Å²) in [5.74, 6) is -0.666. The standard InChI is InChI=1S/C27H24Cl2N2O4/c1-27(2,3)35-26(34)31-23-10-5-4-9-22(23)30-25(33)18-13-11-17(12-14-18)24(32)16-15-19-20(28)7-6-8-21(19)29/h4-16H,1-3H3,(H,30,33)(H,31,34). The molecule has 0 aliphatic carbocycles. The number of hydrogen-bond donors (Lipinski definition) is 2. The van der Waals surface area contributed by atoms with Crippen molar-refractivity contribution in [3.63, 3.8) is 0 Å². The maximum atomic E-state index is 12.8. The number of nitrogens with one attached hydrogen (secondary N) is 2. The van der Waals surface area contributed by atoms with Crippen molar-refractivity contribution in [2.45, 2.75) is 26.4 Å². The van der Waals surface area contributed by atoms with E-state index in [2.05, 4.69) is 10.6 Å². The largest absolute Gasteiger partial charge is 0.444 e. The number of ether oxygens (including phenoxy) is 1. The van der Waals surface area contributed by atoms with E-state index >= 15 is 0 Å². The van der Waals surface area contributed by atoms with Crippen LogP contribution in [-0.4, -0.2) is 23.4 Å². The molecule has 0 aliphatic rings. The molecule has 0 unspecified atom stereocenters. The Morgan fingerprint density at radius 3 is 1.89 bits per heavy atom. The molecule has 3 rings (SSSR count). The Balaban J connectivity index is 1.68. The molecule has 6 nitrogen and oxygen atoms in total. The van der Waals surface area contributed by atoms with Gasteiger partial charge < -0.3 is 10.1 Å². The summed E-state index contributed by atoms with van der Waals surface area (Å²) >= 11 is 12.3. The number of benzene rings is 3. The molecule has 0 aliphatic heterocycles. The van der Waals surface area contributed by atoms with Gasteiger partial charge in [-0.05, 0) is 69.3 Å². The van der Waals surface area contributed by atoms with Gasteiger partial charge in [0.2, 0.25) is 0 Å². The van der Waals surface area contributed by atoms with Gasteiger partial charge in [-0.3, -0.25) is 14.9 Å². The minimum Gasteiger partial charge on any atom is -0.444 e. The van der Waals surface area contributed by atoms with E-state index in [1.807, 2.05) is 0 Å². The minimum absolute atomic E-state index is 0.264. The Labute approximate surface area is 213 Å². The van der Waals surface area contributed by atoms with Crippen LogP contribution in [0.15, 0.2) is 72.8 Å². The lowest BCUT2D eigenvalue weighted by Gasteiger charge is -2.20. The van der Waals surface area contributed by atoms with E-state index in [0.29, 0.717) is 38.1 Å². The molecular formula is C27H24Cl2N2O4. The average molecular weight is 511 g/mol. The lowest BCUT2D eigenvalue weighted by Crippen LogP contribution is -2.27. The summed E-state index contributed by atoms with van der Waals surface area (Å²) in [4.78, 5) is 37.4. The van der Waals surface area contributed by atoms with Gasteiger partial charge in [0.25, 0.3) is 5.91 Å². The molecule has 8 heteroatoms. The fourth-order valence-electron chi connectivity index (χ4n) is 3.02. The number of anilines is 2. The molecule has 0 atom stereocenters. The molecule has 0 radical (unpaired) electrons. The predicted molar refractivity (Wildman–Crippen MR) is 141 cm³/mol. The van der Waals surface area contributed by atoms with Crippen molar-refractivity contribution in [2.75, 3.05) is 10.6 Å². The third kappa shape index (κ3) is 7.44. The molecule has 3 aromatic rings. The Morgan fingerprint density at radius 1 is 0.771 bits per heavy atom. The highest BCUT2D eigenvalue weighted by Gasteiger charge is 2.18. The quantitative estimate of drug-likeness (QED) is 0.265. The summed E-state index contributed by atoms with van der Waals surface area (Å²) in [6, 6.07) is 18.1. The van der Waals surface area contributed by atoms with Crippen LogP contribution in [0.5, 0.6) is 0 Å². The van der Waals surface area contributed by atoms with Crippen LogP contribution in [0.1, 0.15) is 47.1 Å². The zero-order valence-corrected chi connectivity index (χ0v) is 20.9. The molecule has 0 saturated carbocycles. The van der Waals surface area contributed by atoms with Gasteiger partial charge in [0, 0.05) is 26.7 Å². The summed E-state index contributed by atoms with van der Waals surface area (Å²) in [5.41, 5.74) is 1.43. The first-order chi connectivity index (χ1) is 16.5. The Kier molecular flexibility index (Phi) is 8.33. The second-order valence-electron chi connectivity index (χ2n) is 8.54. The molecule has 0 aromatic heterocycles. The average Bonchev–Trinajstić information content (AvgIpc) is 2.78. The van der Waals surface area contributed by atoms with Crippen molar-refractivity contribution in [1.29, 1.82) is 0 Å². The van der Waals surface area contributed by atoms with Gasteiger partial charge in [0.15, 0.2) is 5.78 Å². The second kappa shape index (κ2) is 11.2. The van der Waals surface area contributed by atoms with Gasteiger partial charge in [0.05, 0.1) is 11.4 Å². The molecule has 0 fully saturated rings. The van der Waals surface area contributed by atoms with Crippen LogP contribution in [0.3, 0.4) is 0 Å². The maximum Gasteiger partial charge on any atom is 0.412 e. The maximum absolute atomic E-state index is 12.8. The predicted octanol–water partition coefficient (Wildman–Crippen LogP) is 7.49. The molecule has 3 aromatic carbocycles. The molecule has 0 heterocycles. The number of ketones is 1. The fraction of sp³-hybridized carbons (Fsp3) is 0.148. The highest BCUT2D eigenvalue weighted by molar-refractivity contribution is 6.37. The van der Waals surface area contributed by atoms with Gasteiger partial charge in [-0.2, -0.15) is 0 Å². The van der Waals surface area contributed by atoms with Crippen LogP contribution in [0.4, 0.5) is 16.2 Å². The van der Waals surface area contributed by atoms with Crippen molar-refractivity contribution >= 4 is 58.4 Å². The van der Waals surface area contributed by atoms with Crippen molar-refractivity contribution in [1.82, 2.24) is 0 Å². The number of carbonyl (C=O) groups excluding carboxylic acids is 3. The van der Waals surface area contributed by atoms with Crippen molar-refractivity contribution in [3.8, 4) is 0 Å². The zero-order chi connectivity index (χ0) is 25.6. The smallest absolute Gasteiger partial charge is 0.412 e. The second-order valence-corrected chi connectivity index (χ2v) is 9.35. The SMILES string of the molecule is CC(C)(C)OC(=O)Nc1ccccc1NC(=O)c1ccc(C(=O)C=Cc2c(Cl)cccc2Cl)cc1. The van der Waals surface area contributed by atoms with Gasteiger partial charge >= 0.3 is 6.09 Å². The Morgan fingerprint density at radius 2 is 1.31 bits per heavy atom. The number of amides is 2. The minimum atomic E-state index is -0.656. The molecular weight excluding hydrogens is 487 g/mol. The molecule has 2 amide bonds. The Hall–Kier alpha value is -3.61. The number of hydrogen-bond acceptors (Lipinski definition) is 4. The summed E-state index contributed by atoms with van der Waals surface area (Å²) < 4.78 is 5.27.